The fourth-order valence-electron chi connectivity index (χ4n) is 1.82. The zero-order chi connectivity index (χ0) is 19.7. The second kappa shape index (κ2) is 10.6. The molecule has 0 aliphatic heterocycles. The molecule has 0 aromatic carbocycles. The number of aliphatic hydroxyl groups excluding tert-OH is 1. The molecule has 0 heterocycles. The van der Waals surface area contributed by atoms with Crippen LogP contribution in [0.15, 0.2) is 0 Å². The molecule has 10 heteroatoms. The molecule has 0 aliphatic carbocycles. The van der Waals surface area contributed by atoms with E-state index in [1.165, 1.54) is 13.8 Å². The maximum absolute atomic E-state index is 12.2. The summed E-state index contributed by atoms with van der Waals surface area (Å²) < 4.78 is 0. The summed E-state index contributed by atoms with van der Waals surface area (Å²) in [4.78, 5) is 47.1. The van der Waals surface area contributed by atoms with Crippen molar-refractivity contribution >= 4 is 23.6 Å². The summed E-state index contributed by atoms with van der Waals surface area (Å²) >= 11 is 0. The van der Waals surface area contributed by atoms with E-state index in [4.69, 9.17) is 11.5 Å². The van der Waals surface area contributed by atoms with Crippen LogP contribution in [0.5, 0.6) is 0 Å². The van der Waals surface area contributed by atoms with E-state index in [-0.39, 0.29) is 12.5 Å². The molecule has 0 aromatic heterocycles. The van der Waals surface area contributed by atoms with Crippen molar-refractivity contribution in [1.82, 2.24) is 16.0 Å². The molecule has 8 N–H and O–H groups in total. The van der Waals surface area contributed by atoms with Crippen LogP contribution in [-0.2, 0) is 19.2 Å². The number of primary amides is 1. The fourth-order valence-corrected chi connectivity index (χ4v) is 1.82. The third-order valence-electron chi connectivity index (χ3n) is 3.53. The average Bonchev–Trinajstić information content (AvgIpc) is 2.50. The van der Waals surface area contributed by atoms with E-state index >= 15 is 0 Å². The van der Waals surface area contributed by atoms with Crippen molar-refractivity contribution in [1.29, 1.82) is 0 Å². The molecule has 0 rings (SSSR count). The first-order valence-corrected chi connectivity index (χ1v) is 8.05. The number of carbonyl (C=O) groups excluding carboxylic acids is 4. The van der Waals surface area contributed by atoms with Gasteiger partial charge in [0.25, 0.3) is 0 Å². The van der Waals surface area contributed by atoms with Crippen LogP contribution >= 0.6 is 0 Å². The molecule has 10 nitrogen and oxygen atoms in total. The summed E-state index contributed by atoms with van der Waals surface area (Å²) in [6, 6.07) is -3.50. The smallest absolute Gasteiger partial charge is 0.243 e. The van der Waals surface area contributed by atoms with Gasteiger partial charge in [-0.2, -0.15) is 0 Å². The maximum Gasteiger partial charge on any atom is 0.243 e. The molecule has 144 valence electrons. The van der Waals surface area contributed by atoms with Gasteiger partial charge < -0.3 is 32.5 Å². The van der Waals surface area contributed by atoms with Gasteiger partial charge in [0.1, 0.15) is 12.1 Å². The summed E-state index contributed by atoms with van der Waals surface area (Å²) in [5.74, 6) is -2.65. The highest BCUT2D eigenvalue weighted by atomic mass is 16.3. The van der Waals surface area contributed by atoms with Crippen LogP contribution in [0, 0.1) is 5.92 Å². The number of nitrogens with two attached hydrogens (primary N) is 2. The Morgan fingerprint density at radius 3 is 1.88 bits per heavy atom. The Bertz CT molecular complexity index is 495. The van der Waals surface area contributed by atoms with Crippen molar-refractivity contribution in [3.05, 3.63) is 0 Å². The third-order valence-corrected chi connectivity index (χ3v) is 3.53. The zero-order valence-corrected chi connectivity index (χ0v) is 15.0. The standard InChI is InChI=1S/C15H29N5O5/c1-7(2)11(6-21)20-14(24)9(4)18-15(25)10(5-12(17)22)19-13(23)8(3)16/h7-11,21H,5-6,16H2,1-4H3,(H2,17,22)(H,18,25)(H,19,23)(H,20,24)/t8-,9-,10-,11+/m0/s1. The molecule has 0 radical (unpaired) electrons. The molecule has 0 aliphatic rings. The van der Waals surface area contributed by atoms with Crippen LogP contribution < -0.4 is 27.4 Å². The summed E-state index contributed by atoms with van der Waals surface area (Å²) in [6.45, 7) is 6.29. The SMILES string of the molecule is CC(C)[C@@H](CO)NC(=O)[C@H](C)NC(=O)[C@H](CC(N)=O)NC(=O)[C@H](C)N. The monoisotopic (exact) mass is 359 g/mol. The van der Waals surface area contributed by atoms with Crippen molar-refractivity contribution in [2.45, 2.75) is 58.3 Å². The minimum Gasteiger partial charge on any atom is -0.394 e. The lowest BCUT2D eigenvalue weighted by atomic mass is 10.0. The molecular formula is C15H29N5O5. The van der Waals surface area contributed by atoms with E-state index in [0.29, 0.717) is 0 Å². The zero-order valence-electron chi connectivity index (χ0n) is 15.0. The molecule has 0 fully saturated rings. The van der Waals surface area contributed by atoms with Crippen LogP contribution in [-0.4, -0.2) is 59.5 Å². The summed E-state index contributed by atoms with van der Waals surface area (Å²) in [5.41, 5.74) is 10.5. The lowest BCUT2D eigenvalue weighted by molar-refractivity contribution is -0.133. The van der Waals surface area contributed by atoms with Crippen molar-refractivity contribution < 1.29 is 24.3 Å². The van der Waals surface area contributed by atoms with Gasteiger partial charge in [-0.25, -0.2) is 0 Å². The number of hydrogen-bond acceptors (Lipinski definition) is 6. The van der Waals surface area contributed by atoms with Gasteiger partial charge in [0.2, 0.25) is 23.6 Å². The van der Waals surface area contributed by atoms with Gasteiger partial charge in [-0.1, -0.05) is 13.8 Å². The highest BCUT2D eigenvalue weighted by Gasteiger charge is 2.27. The van der Waals surface area contributed by atoms with Crippen molar-refractivity contribution in [3.8, 4) is 0 Å². The molecule has 0 unspecified atom stereocenters. The normalized spacial score (nSPS) is 15.6. The van der Waals surface area contributed by atoms with E-state index in [1.54, 1.807) is 0 Å². The molecule has 0 saturated heterocycles. The van der Waals surface area contributed by atoms with Gasteiger partial charge in [-0.3, -0.25) is 19.2 Å². The summed E-state index contributed by atoms with van der Waals surface area (Å²) in [5, 5.41) is 16.6. The topological polar surface area (TPSA) is 177 Å². The average molecular weight is 359 g/mol. The van der Waals surface area contributed by atoms with Crippen molar-refractivity contribution in [2.75, 3.05) is 6.61 Å². The summed E-state index contributed by atoms with van der Waals surface area (Å²) in [6.07, 6.45) is -0.427. The molecule has 0 aromatic rings. The van der Waals surface area contributed by atoms with Gasteiger partial charge in [0, 0.05) is 0 Å². The van der Waals surface area contributed by atoms with Crippen molar-refractivity contribution in [2.24, 2.45) is 17.4 Å². The number of hydrogen-bond donors (Lipinski definition) is 6. The minimum atomic E-state index is -1.23. The first-order valence-electron chi connectivity index (χ1n) is 8.05. The Morgan fingerprint density at radius 2 is 1.48 bits per heavy atom. The van der Waals surface area contributed by atoms with Crippen LogP contribution in [0.3, 0.4) is 0 Å². The molecular weight excluding hydrogens is 330 g/mol. The third kappa shape index (κ3) is 8.45. The Balaban J connectivity index is 4.88. The minimum absolute atomic E-state index is 0.00444. The quantitative estimate of drug-likeness (QED) is 0.248. The van der Waals surface area contributed by atoms with Gasteiger partial charge >= 0.3 is 0 Å². The lowest BCUT2D eigenvalue weighted by Gasteiger charge is -2.24. The number of aliphatic hydroxyl groups is 1. The van der Waals surface area contributed by atoms with Gasteiger partial charge in [0.05, 0.1) is 25.1 Å². The van der Waals surface area contributed by atoms with Gasteiger partial charge in [0.15, 0.2) is 0 Å². The van der Waals surface area contributed by atoms with Gasteiger partial charge in [-0.15, -0.1) is 0 Å². The Labute approximate surface area is 147 Å². The van der Waals surface area contributed by atoms with Crippen LogP contribution in [0.2, 0.25) is 0 Å². The fraction of sp³-hybridized carbons (Fsp3) is 0.733. The largest absolute Gasteiger partial charge is 0.394 e. The molecule has 0 saturated carbocycles. The Kier molecular flexibility index (Phi) is 9.69. The molecule has 0 bridgehead atoms. The maximum atomic E-state index is 12.2. The van der Waals surface area contributed by atoms with Gasteiger partial charge in [-0.05, 0) is 19.8 Å². The lowest BCUT2D eigenvalue weighted by Crippen LogP contribution is -2.56. The molecule has 4 atom stereocenters. The number of rotatable bonds is 10. The van der Waals surface area contributed by atoms with Crippen molar-refractivity contribution in [3.63, 3.8) is 0 Å². The van der Waals surface area contributed by atoms with E-state index in [9.17, 15) is 24.3 Å². The van der Waals surface area contributed by atoms with E-state index < -0.39 is 54.2 Å². The second-order valence-electron chi connectivity index (χ2n) is 6.29. The molecule has 4 amide bonds. The molecule has 0 spiro atoms. The molecule has 25 heavy (non-hydrogen) atoms. The number of amides is 4. The highest BCUT2D eigenvalue weighted by Crippen LogP contribution is 2.01. The number of carbonyl (C=O) groups is 4. The van der Waals surface area contributed by atoms with E-state index in [2.05, 4.69) is 16.0 Å². The first-order chi connectivity index (χ1) is 11.5. The summed E-state index contributed by atoms with van der Waals surface area (Å²) in [7, 11) is 0. The van der Waals surface area contributed by atoms with Crippen LogP contribution in [0.25, 0.3) is 0 Å². The predicted octanol–water partition coefficient (Wildman–Crippen LogP) is -2.67. The Hall–Kier alpha value is -2.20. The van der Waals surface area contributed by atoms with Crippen LogP contribution in [0.1, 0.15) is 34.1 Å². The van der Waals surface area contributed by atoms with Crippen LogP contribution in [0.4, 0.5) is 0 Å². The number of nitrogens with one attached hydrogen (secondary N) is 3. The predicted molar refractivity (Wildman–Crippen MR) is 90.9 cm³/mol. The highest BCUT2D eigenvalue weighted by molar-refractivity contribution is 5.95. The second-order valence-corrected chi connectivity index (χ2v) is 6.29. The van der Waals surface area contributed by atoms with E-state index in [0.717, 1.165) is 0 Å². The Morgan fingerprint density at radius 1 is 0.920 bits per heavy atom. The van der Waals surface area contributed by atoms with E-state index in [1.807, 2.05) is 13.8 Å². The first kappa shape index (κ1) is 22.8.